The molecule has 0 aliphatic carbocycles. The molecular formula is C15H11ClN4S. The zero-order chi connectivity index (χ0) is 14.4. The number of aromatic nitrogens is 4. The second-order valence-corrected chi connectivity index (χ2v) is 6.06. The van der Waals surface area contributed by atoms with Crippen LogP contribution in [0.4, 0.5) is 0 Å². The molecule has 0 atom stereocenters. The highest BCUT2D eigenvalue weighted by Gasteiger charge is 2.11. The molecule has 0 amide bonds. The number of imidazole rings is 1. The van der Waals surface area contributed by atoms with Crippen molar-refractivity contribution in [1.82, 2.24) is 19.5 Å². The highest BCUT2D eigenvalue weighted by atomic mass is 35.5. The van der Waals surface area contributed by atoms with E-state index in [4.69, 9.17) is 11.6 Å². The Kier molecular flexibility index (Phi) is 2.90. The van der Waals surface area contributed by atoms with E-state index in [0.29, 0.717) is 17.5 Å². The number of hydrogen-bond donors (Lipinski definition) is 0. The molecule has 0 saturated carbocycles. The quantitative estimate of drug-likeness (QED) is 0.524. The lowest BCUT2D eigenvalue weighted by Gasteiger charge is -2.06. The van der Waals surface area contributed by atoms with Crippen molar-refractivity contribution >= 4 is 44.2 Å². The van der Waals surface area contributed by atoms with E-state index < -0.39 is 0 Å². The van der Waals surface area contributed by atoms with Crippen molar-refractivity contribution in [2.75, 3.05) is 0 Å². The number of aryl methyl sites for hydroxylation is 1. The highest BCUT2D eigenvalue weighted by Crippen LogP contribution is 2.25. The van der Waals surface area contributed by atoms with Gasteiger partial charge in [-0.1, -0.05) is 23.7 Å². The molecule has 21 heavy (non-hydrogen) atoms. The molecule has 1 aromatic carbocycles. The average Bonchev–Trinajstić information content (AvgIpc) is 3.05. The Labute approximate surface area is 130 Å². The number of para-hydroxylation sites is 2. The number of fused-ring (bicyclic) bond motifs is 2. The van der Waals surface area contributed by atoms with Gasteiger partial charge in [-0.25, -0.2) is 15.0 Å². The normalized spacial score (nSPS) is 11.5. The summed E-state index contributed by atoms with van der Waals surface area (Å²) in [5.41, 5.74) is 2.07. The predicted molar refractivity (Wildman–Crippen MR) is 86.0 cm³/mol. The summed E-state index contributed by atoms with van der Waals surface area (Å²) in [6, 6.07) is 10.0. The molecule has 6 heteroatoms. The summed E-state index contributed by atoms with van der Waals surface area (Å²) in [5, 5.41) is 3.41. The number of hydrogen-bond acceptors (Lipinski definition) is 4. The summed E-state index contributed by atoms with van der Waals surface area (Å²) in [7, 11) is 0. The van der Waals surface area contributed by atoms with Gasteiger partial charge in [0.05, 0.1) is 17.6 Å². The Morgan fingerprint density at radius 1 is 1.14 bits per heavy atom. The van der Waals surface area contributed by atoms with Crippen molar-refractivity contribution in [2.45, 2.75) is 13.5 Å². The monoisotopic (exact) mass is 314 g/mol. The molecule has 0 aliphatic heterocycles. The topological polar surface area (TPSA) is 43.6 Å². The SMILES string of the molecule is Cc1nc2ccccc2n1Cc1nc(Cl)c2ccsc2n1. The van der Waals surface area contributed by atoms with Crippen LogP contribution in [0.2, 0.25) is 5.15 Å². The van der Waals surface area contributed by atoms with Crippen LogP contribution in [0.15, 0.2) is 35.7 Å². The van der Waals surface area contributed by atoms with Crippen molar-refractivity contribution in [3.63, 3.8) is 0 Å². The maximum atomic E-state index is 6.23. The van der Waals surface area contributed by atoms with Crippen LogP contribution in [-0.4, -0.2) is 19.5 Å². The summed E-state index contributed by atoms with van der Waals surface area (Å²) in [6.07, 6.45) is 0. The Bertz CT molecular complexity index is 957. The molecule has 3 heterocycles. The van der Waals surface area contributed by atoms with Crippen LogP contribution in [0.5, 0.6) is 0 Å². The molecule has 0 N–H and O–H groups in total. The minimum atomic E-state index is 0.512. The van der Waals surface area contributed by atoms with Crippen molar-refractivity contribution in [1.29, 1.82) is 0 Å². The van der Waals surface area contributed by atoms with Gasteiger partial charge in [-0.15, -0.1) is 11.3 Å². The zero-order valence-electron chi connectivity index (χ0n) is 11.2. The van der Waals surface area contributed by atoms with Crippen LogP contribution in [0.1, 0.15) is 11.6 Å². The minimum Gasteiger partial charge on any atom is -0.320 e. The third kappa shape index (κ3) is 2.09. The molecule has 3 aromatic heterocycles. The molecule has 0 radical (unpaired) electrons. The molecule has 0 bridgehead atoms. The van der Waals surface area contributed by atoms with Crippen molar-refractivity contribution < 1.29 is 0 Å². The van der Waals surface area contributed by atoms with Gasteiger partial charge in [-0.3, -0.25) is 0 Å². The smallest absolute Gasteiger partial charge is 0.151 e. The Balaban J connectivity index is 1.84. The van der Waals surface area contributed by atoms with Gasteiger partial charge in [0.2, 0.25) is 0 Å². The van der Waals surface area contributed by atoms with Crippen LogP contribution in [0.25, 0.3) is 21.3 Å². The third-order valence-corrected chi connectivity index (χ3v) is 4.56. The molecule has 104 valence electrons. The summed E-state index contributed by atoms with van der Waals surface area (Å²) in [4.78, 5) is 14.5. The van der Waals surface area contributed by atoms with Crippen LogP contribution in [0.3, 0.4) is 0 Å². The van der Waals surface area contributed by atoms with E-state index in [2.05, 4.69) is 25.6 Å². The van der Waals surface area contributed by atoms with E-state index >= 15 is 0 Å². The summed E-state index contributed by atoms with van der Waals surface area (Å²) < 4.78 is 2.11. The number of rotatable bonds is 2. The average molecular weight is 315 g/mol. The van der Waals surface area contributed by atoms with E-state index in [1.54, 1.807) is 11.3 Å². The Morgan fingerprint density at radius 2 is 2.00 bits per heavy atom. The van der Waals surface area contributed by atoms with Crippen molar-refractivity contribution in [2.24, 2.45) is 0 Å². The molecule has 0 saturated heterocycles. The summed E-state index contributed by atoms with van der Waals surface area (Å²) in [5.74, 6) is 1.66. The Hall–Kier alpha value is -1.98. The molecule has 4 aromatic rings. The fraction of sp³-hybridized carbons (Fsp3) is 0.133. The first-order valence-corrected chi connectivity index (χ1v) is 7.79. The van der Waals surface area contributed by atoms with Gasteiger partial charge >= 0.3 is 0 Å². The van der Waals surface area contributed by atoms with E-state index in [-0.39, 0.29) is 0 Å². The van der Waals surface area contributed by atoms with Crippen LogP contribution in [-0.2, 0) is 6.54 Å². The van der Waals surface area contributed by atoms with E-state index in [9.17, 15) is 0 Å². The van der Waals surface area contributed by atoms with Gasteiger partial charge in [0.15, 0.2) is 5.82 Å². The number of benzene rings is 1. The van der Waals surface area contributed by atoms with Crippen LogP contribution in [0, 0.1) is 6.92 Å². The largest absolute Gasteiger partial charge is 0.320 e. The highest BCUT2D eigenvalue weighted by molar-refractivity contribution is 7.16. The predicted octanol–water partition coefficient (Wildman–Crippen LogP) is 4.05. The van der Waals surface area contributed by atoms with Gasteiger partial charge < -0.3 is 4.57 Å². The first-order chi connectivity index (χ1) is 10.2. The fourth-order valence-electron chi connectivity index (χ4n) is 2.47. The Morgan fingerprint density at radius 3 is 2.90 bits per heavy atom. The van der Waals surface area contributed by atoms with E-state index in [1.165, 1.54) is 0 Å². The molecule has 0 unspecified atom stereocenters. The maximum Gasteiger partial charge on any atom is 0.151 e. The lowest BCUT2D eigenvalue weighted by atomic mass is 10.3. The third-order valence-electron chi connectivity index (χ3n) is 3.47. The molecule has 0 aliphatic rings. The van der Waals surface area contributed by atoms with E-state index in [1.807, 2.05) is 36.6 Å². The number of nitrogens with zero attached hydrogens (tertiary/aromatic N) is 4. The van der Waals surface area contributed by atoms with Gasteiger partial charge in [0.25, 0.3) is 0 Å². The fourth-order valence-corrected chi connectivity index (χ4v) is 3.56. The van der Waals surface area contributed by atoms with Gasteiger partial charge in [0, 0.05) is 5.39 Å². The van der Waals surface area contributed by atoms with Gasteiger partial charge in [-0.2, -0.15) is 0 Å². The van der Waals surface area contributed by atoms with Gasteiger partial charge in [-0.05, 0) is 30.5 Å². The summed E-state index contributed by atoms with van der Waals surface area (Å²) in [6.45, 7) is 2.56. The second kappa shape index (κ2) is 4.79. The first-order valence-electron chi connectivity index (χ1n) is 6.54. The molecule has 4 rings (SSSR count). The lowest BCUT2D eigenvalue weighted by molar-refractivity contribution is 0.743. The zero-order valence-corrected chi connectivity index (χ0v) is 12.8. The number of thiophene rings is 1. The van der Waals surface area contributed by atoms with Crippen molar-refractivity contribution in [3.8, 4) is 0 Å². The van der Waals surface area contributed by atoms with Crippen molar-refractivity contribution in [3.05, 3.63) is 52.5 Å². The van der Waals surface area contributed by atoms with E-state index in [0.717, 1.165) is 27.1 Å². The maximum absolute atomic E-state index is 6.23. The second-order valence-electron chi connectivity index (χ2n) is 4.80. The van der Waals surface area contributed by atoms with Gasteiger partial charge in [0.1, 0.15) is 15.8 Å². The molecule has 4 nitrogen and oxygen atoms in total. The molecule has 0 spiro atoms. The molecule has 0 fully saturated rings. The summed E-state index contributed by atoms with van der Waals surface area (Å²) >= 11 is 7.81. The number of halogens is 1. The standard InChI is InChI=1S/C15H11ClN4S/c1-9-17-11-4-2-3-5-12(11)20(9)8-13-18-14(16)10-6-7-21-15(10)19-13/h2-7H,8H2,1H3. The first kappa shape index (κ1) is 12.7. The molecular weight excluding hydrogens is 304 g/mol. The minimum absolute atomic E-state index is 0.512. The lowest BCUT2D eigenvalue weighted by Crippen LogP contribution is -2.06. The van der Waals surface area contributed by atoms with Crippen LogP contribution < -0.4 is 0 Å². The van der Waals surface area contributed by atoms with Crippen LogP contribution >= 0.6 is 22.9 Å².